The van der Waals surface area contributed by atoms with E-state index < -0.39 is 5.82 Å². The molecule has 0 aromatic heterocycles. The van der Waals surface area contributed by atoms with Gasteiger partial charge in [-0.25, -0.2) is 4.39 Å². The molecule has 5 nitrogen and oxygen atoms in total. The molecule has 0 bridgehead atoms. The first-order valence-corrected chi connectivity index (χ1v) is 6.18. The van der Waals surface area contributed by atoms with Crippen molar-refractivity contribution in [2.24, 2.45) is 0 Å². The maximum absolute atomic E-state index is 13.8. The zero-order valence-electron chi connectivity index (χ0n) is 11.6. The first-order valence-electron chi connectivity index (χ1n) is 6.18. The molecule has 110 valence electrons. The molecule has 6 heteroatoms. The predicted octanol–water partition coefficient (Wildman–Crippen LogP) is 3.17. The smallest absolute Gasteiger partial charge is 0.221 e. The van der Waals surface area contributed by atoms with Gasteiger partial charge in [0.2, 0.25) is 11.7 Å². The van der Waals surface area contributed by atoms with Gasteiger partial charge in [0, 0.05) is 12.6 Å². The van der Waals surface area contributed by atoms with Crippen LogP contribution in [0, 0.1) is 5.82 Å². The number of halogens is 1. The Morgan fingerprint density at radius 3 is 2.62 bits per heavy atom. The Balaban J connectivity index is 2.30. The van der Waals surface area contributed by atoms with Gasteiger partial charge >= 0.3 is 0 Å². The van der Waals surface area contributed by atoms with E-state index in [0.717, 1.165) is 0 Å². The van der Waals surface area contributed by atoms with E-state index in [4.69, 9.17) is 15.2 Å². The molecule has 2 aromatic rings. The fourth-order valence-corrected chi connectivity index (χ4v) is 1.78. The lowest BCUT2D eigenvalue weighted by Crippen LogP contribution is -2.06. The summed E-state index contributed by atoms with van der Waals surface area (Å²) in [6, 6.07) is 9.06. The first kappa shape index (κ1) is 14.6. The third-order valence-electron chi connectivity index (χ3n) is 2.69. The number of nitrogens with two attached hydrogens (primary N) is 1. The third-order valence-corrected chi connectivity index (χ3v) is 2.69. The number of hydrogen-bond donors (Lipinski definition) is 2. The van der Waals surface area contributed by atoms with Gasteiger partial charge in [-0.3, -0.25) is 4.79 Å². The van der Waals surface area contributed by atoms with Gasteiger partial charge in [-0.15, -0.1) is 0 Å². The van der Waals surface area contributed by atoms with E-state index in [2.05, 4.69) is 5.32 Å². The fraction of sp³-hybridized carbons (Fsp3) is 0.133. The van der Waals surface area contributed by atoms with Crippen LogP contribution < -0.4 is 20.5 Å². The summed E-state index contributed by atoms with van der Waals surface area (Å²) in [5.41, 5.74) is 6.65. The highest BCUT2D eigenvalue weighted by Gasteiger charge is 2.13. The lowest BCUT2D eigenvalue weighted by atomic mass is 10.2. The van der Waals surface area contributed by atoms with Gasteiger partial charge in [0.15, 0.2) is 17.3 Å². The number of rotatable bonds is 4. The normalized spacial score (nSPS) is 10.0. The van der Waals surface area contributed by atoms with Crippen LogP contribution in [0.4, 0.5) is 15.8 Å². The van der Waals surface area contributed by atoms with E-state index in [1.165, 1.54) is 32.2 Å². The summed E-state index contributed by atoms with van der Waals surface area (Å²) >= 11 is 0. The van der Waals surface area contributed by atoms with Gasteiger partial charge in [-0.1, -0.05) is 6.07 Å². The highest BCUT2D eigenvalue weighted by molar-refractivity contribution is 5.89. The quantitative estimate of drug-likeness (QED) is 0.848. The summed E-state index contributed by atoms with van der Waals surface area (Å²) in [5, 5.41) is 2.60. The number of para-hydroxylation sites is 1. The maximum Gasteiger partial charge on any atom is 0.221 e. The largest absolute Gasteiger partial charge is 0.493 e. The number of carbonyl (C=O) groups is 1. The summed E-state index contributed by atoms with van der Waals surface area (Å²) in [4.78, 5) is 11.0. The lowest BCUT2D eigenvalue weighted by Gasteiger charge is -2.13. The molecule has 1 amide bonds. The minimum absolute atomic E-state index is 0.0426. The molecule has 21 heavy (non-hydrogen) atoms. The number of hydrogen-bond acceptors (Lipinski definition) is 4. The van der Waals surface area contributed by atoms with Crippen LogP contribution in [-0.2, 0) is 4.79 Å². The standard InChI is InChI=1S/C15H15FN2O3/c1-9(19)18-10-6-7-13(12(17)8-10)21-15-11(16)4-3-5-14(15)20-2/h3-8H,17H2,1-2H3,(H,18,19). The second-order valence-corrected chi connectivity index (χ2v) is 4.31. The van der Waals surface area contributed by atoms with E-state index in [0.29, 0.717) is 5.69 Å². The minimum Gasteiger partial charge on any atom is -0.493 e. The number of benzene rings is 2. The molecular weight excluding hydrogens is 275 g/mol. The van der Waals surface area contributed by atoms with Gasteiger partial charge in [0.05, 0.1) is 12.8 Å². The second kappa shape index (κ2) is 6.13. The lowest BCUT2D eigenvalue weighted by molar-refractivity contribution is -0.114. The van der Waals surface area contributed by atoms with E-state index in [-0.39, 0.29) is 28.8 Å². The number of amides is 1. The number of nitrogens with one attached hydrogen (secondary N) is 1. The average Bonchev–Trinajstić information content (AvgIpc) is 2.43. The van der Waals surface area contributed by atoms with Crippen LogP contribution in [0.5, 0.6) is 17.2 Å². The summed E-state index contributed by atoms with van der Waals surface area (Å²) in [6.07, 6.45) is 0. The van der Waals surface area contributed by atoms with E-state index in [1.807, 2.05) is 0 Å². The SMILES string of the molecule is COc1cccc(F)c1Oc1ccc(NC(C)=O)cc1N. The van der Waals surface area contributed by atoms with Crippen molar-refractivity contribution in [2.45, 2.75) is 6.92 Å². The van der Waals surface area contributed by atoms with Crippen LogP contribution in [0.2, 0.25) is 0 Å². The van der Waals surface area contributed by atoms with Gasteiger partial charge in [0.1, 0.15) is 0 Å². The molecular formula is C15H15FN2O3. The molecule has 0 fully saturated rings. The van der Waals surface area contributed by atoms with Crippen LogP contribution in [0.15, 0.2) is 36.4 Å². The number of methoxy groups -OCH3 is 1. The van der Waals surface area contributed by atoms with Crippen LogP contribution in [0.3, 0.4) is 0 Å². The molecule has 0 atom stereocenters. The molecule has 0 radical (unpaired) electrons. The molecule has 3 N–H and O–H groups in total. The molecule has 0 saturated heterocycles. The number of anilines is 2. The first-order chi connectivity index (χ1) is 10.0. The van der Waals surface area contributed by atoms with Crippen LogP contribution >= 0.6 is 0 Å². The Morgan fingerprint density at radius 1 is 1.24 bits per heavy atom. The molecule has 0 unspecified atom stereocenters. The summed E-state index contributed by atoms with van der Waals surface area (Å²) in [5.74, 6) is -0.273. The molecule has 0 aliphatic rings. The zero-order valence-corrected chi connectivity index (χ0v) is 11.6. The Morgan fingerprint density at radius 2 is 2.00 bits per heavy atom. The van der Waals surface area contributed by atoms with Crippen molar-refractivity contribution in [3.8, 4) is 17.2 Å². The Hall–Kier alpha value is -2.76. The summed E-state index contributed by atoms with van der Waals surface area (Å²) < 4.78 is 24.3. The Kier molecular flexibility index (Phi) is 4.27. The Bertz CT molecular complexity index is 674. The Labute approximate surface area is 121 Å². The number of ether oxygens (including phenoxy) is 2. The van der Waals surface area contributed by atoms with Crippen molar-refractivity contribution in [1.29, 1.82) is 0 Å². The molecule has 2 aromatic carbocycles. The van der Waals surface area contributed by atoms with Crippen molar-refractivity contribution < 1.29 is 18.7 Å². The average molecular weight is 290 g/mol. The van der Waals surface area contributed by atoms with Gasteiger partial charge < -0.3 is 20.5 Å². The molecule has 0 aliphatic heterocycles. The topological polar surface area (TPSA) is 73.6 Å². The molecule has 0 spiro atoms. The second-order valence-electron chi connectivity index (χ2n) is 4.31. The maximum atomic E-state index is 13.8. The molecule has 0 saturated carbocycles. The third kappa shape index (κ3) is 3.42. The number of carbonyl (C=O) groups excluding carboxylic acids is 1. The highest BCUT2D eigenvalue weighted by atomic mass is 19.1. The van der Waals surface area contributed by atoms with Crippen molar-refractivity contribution >= 4 is 17.3 Å². The predicted molar refractivity (Wildman–Crippen MR) is 78.2 cm³/mol. The van der Waals surface area contributed by atoms with Gasteiger partial charge in [0.25, 0.3) is 0 Å². The molecule has 0 aliphatic carbocycles. The van der Waals surface area contributed by atoms with E-state index in [9.17, 15) is 9.18 Å². The fourth-order valence-electron chi connectivity index (χ4n) is 1.78. The number of nitrogen functional groups attached to an aromatic ring is 1. The zero-order chi connectivity index (χ0) is 15.4. The summed E-state index contributed by atoms with van der Waals surface area (Å²) in [7, 11) is 1.42. The minimum atomic E-state index is -0.556. The molecule has 2 rings (SSSR count). The highest BCUT2D eigenvalue weighted by Crippen LogP contribution is 2.36. The van der Waals surface area contributed by atoms with Crippen LogP contribution in [-0.4, -0.2) is 13.0 Å². The van der Waals surface area contributed by atoms with E-state index in [1.54, 1.807) is 18.2 Å². The van der Waals surface area contributed by atoms with Crippen LogP contribution in [0.25, 0.3) is 0 Å². The van der Waals surface area contributed by atoms with Gasteiger partial charge in [-0.05, 0) is 30.3 Å². The summed E-state index contributed by atoms with van der Waals surface area (Å²) in [6.45, 7) is 1.39. The van der Waals surface area contributed by atoms with E-state index >= 15 is 0 Å². The van der Waals surface area contributed by atoms with Crippen molar-refractivity contribution in [3.05, 3.63) is 42.2 Å². The van der Waals surface area contributed by atoms with Crippen molar-refractivity contribution in [3.63, 3.8) is 0 Å². The van der Waals surface area contributed by atoms with Gasteiger partial charge in [-0.2, -0.15) is 0 Å². The monoisotopic (exact) mass is 290 g/mol. The molecule has 0 heterocycles. The van der Waals surface area contributed by atoms with Crippen molar-refractivity contribution in [2.75, 3.05) is 18.2 Å². The van der Waals surface area contributed by atoms with Crippen LogP contribution in [0.1, 0.15) is 6.92 Å². The van der Waals surface area contributed by atoms with Crippen molar-refractivity contribution in [1.82, 2.24) is 0 Å².